The molecule has 3 rings (SSSR count). The van der Waals surface area contributed by atoms with Gasteiger partial charge in [0.2, 0.25) is 0 Å². The number of ether oxygens (including phenoxy) is 1. The highest BCUT2D eigenvalue weighted by atomic mass is 16.5. The molecule has 1 aromatic heterocycles. The number of hydrogen-bond donors (Lipinski definition) is 1. The van der Waals surface area contributed by atoms with Gasteiger partial charge in [0, 0.05) is 23.6 Å². The second kappa shape index (κ2) is 5.82. The van der Waals surface area contributed by atoms with E-state index in [1.54, 1.807) is 0 Å². The van der Waals surface area contributed by atoms with Gasteiger partial charge in [-0.15, -0.1) is 0 Å². The van der Waals surface area contributed by atoms with Crippen molar-refractivity contribution in [2.24, 2.45) is 0 Å². The van der Waals surface area contributed by atoms with Crippen LogP contribution in [0.3, 0.4) is 0 Å². The van der Waals surface area contributed by atoms with Gasteiger partial charge in [-0.25, -0.2) is 0 Å². The number of fused-ring (bicyclic) bond motifs is 1. The second-order valence-electron chi connectivity index (χ2n) is 6.09. The first-order valence-corrected chi connectivity index (χ1v) is 8.06. The molecule has 2 heterocycles. The Kier molecular flexibility index (Phi) is 4.05. The smallest absolute Gasteiger partial charge is 0.140 e. The summed E-state index contributed by atoms with van der Waals surface area (Å²) >= 11 is 0. The van der Waals surface area contributed by atoms with Crippen LogP contribution >= 0.6 is 0 Å². The predicted octanol–water partition coefficient (Wildman–Crippen LogP) is 4.00. The lowest BCUT2D eigenvalue weighted by Gasteiger charge is -2.37. The first kappa shape index (κ1) is 14.6. The van der Waals surface area contributed by atoms with Gasteiger partial charge >= 0.3 is 0 Å². The van der Waals surface area contributed by atoms with E-state index in [-0.39, 0.29) is 5.60 Å². The van der Waals surface area contributed by atoms with E-state index >= 15 is 0 Å². The zero-order valence-electron chi connectivity index (χ0n) is 13.2. The van der Waals surface area contributed by atoms with Crippen LogP contribution in [-0.2, 0) is 16.8 Å². The monoisotopic (exact) mass is 287 g/mol. The summed E-state index contributed by atoms with van der Waals surface area (Å²) in [6.45, 7) is 8.31. The van der Waals surface area contributed by atoms with Crippen LogP contribution < -0.4 is 5.32 Å². The summed E-state index contributed by atoms with van der Waals surface area (Å²) in [7, 11) is 0. The van der Waals surface area contributed by atoms with Crippen molar-refractivity contribution < 1.29 is 9.15 Å². The lowest BCUT2D eigenvalue weighted by molar-refractivity contribution is -0.0932. The molecule has 1 aliphatic heterocycles. The van der Waals surface area contributed by atoms with Crippen molar-refractivity contribution in [2.75, 3.05) is 13.2 Å². The minimum atomic E-state index is -0.324. The van der Waals surface area contributed by atoms with Gasteiger partial charge in [-0.3, -0.25) is 0 Å². The summed E-state index contributed by atoms with van der Waals surface area (Å²) in [6, 6.07) is 8.81. The zero-order valence-corrected chi connectivity index (χ0v) is 13.2. The number of rotatable bonds is 4. The highest BCUT2D eigenvalue weighted by Gasteiger charge is 2.39. The van der Waals surface area contributed by atoms with E-state index in [1.807, 2.05) is 12.1 Å². The third kappa shape index (κ3) is 2.60. The van der Waals surface area contributed by atoms with E-state index in [0.29, 0.717) is 6.04 Å². The number of hydrogen-bond acceptors (Lipinski definition) is 3. The van der Waals surface area contributed by atoms with Crippen LogP contribution in [0.25, 0.3) is 11.0 Å². The van der Waals surface area contributed by atoms with Crippen molar-refractivity contribution in [2.45, 2.75) is 51.7 Å². The Hall–Kier alpha value is -1.32. The van der Waals surface area contributed by atoms with E-state index < -0.39 is 0 Å². The van der Waals surface area contributed by atoms with Crippen LogP contribution in [0, 0.1) is 0 Å². The number of para-hydroxylation sites is 1. The Labute approximate surface area is 126 Å². The summed E-state index contributed by atoms with van der Waals surface area (Å²) in [5.41, 5.74) is 1.94. The maximum atomic E-state index is 6.21. The summed E-state index contributed by atoms with van der Waals surface area (Å²) < 4.78 is 12.4. The average molecular weight is 287 g/mol. The van der Waals surface area contributed by atoms with Gasteiger partial charge in [0.15, 0.2) is 0 Å². The largest absolute Gasteiger partial charge is 0.458 e. The fourth-order valence-electron chi connectivity index (χ4n) is 3.56. The van der Waals surface area contributed by atoms with Crippen molar-refractivity contribution in [1.29, 1.82) is 0 Å². The topological polar surface area (TPSA) is 34.4 Å². The van der Waals surface area contributed by atoms with Crippen LogP contribution in [0.5, 0.6) is 0 Å². The van der Waals surface area contributed by atoms with Crippen molar-refractivity contribution >= 4 is 11.0 Å². The molecule has 2 atom stereocenters. The average Bonchev–Trinajstić information content (AvgIpc) is 2.87. The summed E-state index contributed by atoms with van der Waals surface area (Å²) in [4.78, 5) is 0. The Bertz CT molecular complexity index is 617. The Morgan fingerprint density at radius 3 is 2.86 bits per heavy atom. The SMILES string of the molecule is CCNC1CCOC(C)(c2oc3ccccc3c2CC)C1. The minimum absolute atomic E-state index is 0.324. The van der Waals surface area contributed by atoms with Gasteiger partial charge in [-0.05, 0) is 38.8 Å². The maximum absolute atomic E-state index is 6.21. The highest BCUT2D eigenvalue weighted by molar-refractivity contribution is 5.82. The quantitative estimate of drug-likeness (QED) is 0.923. The van der Waals surface area contributed by atoms with Crippen molar-refractivity contribution in [3.8, 4) is 0 Å². The minimum Gasteiger partial charge on any atom is -0.458 e. The predicted molar refractivity (Wildman–Crippen MR) is 85.6 cm³/mol. The molecule has 0 bridgehead atoms. The molecule has 0 saturated carbocycles. The zero-order chi connectivity index (χ0) is 14.9. The van der Waals surface area contributed by atoms with Crippen molar-refractivity contribution in [3.63, 3.8) is 0 Å². The molecule has 2 aromatic rings. The summed E-state index contributed by atoms with van der Waals surface area (Å²) in [5.74, 6) is 1.02. The molecular formula is C18H25NO2. The molecule has 3 heteroatoms. The molecule has 0 radical (unpaired) electrons. The van der Waals surface area contributed by atoms with Crippen molar-refractivity contribution in [3.05, 3.63) is 35.6 Å². The Morgan fingerprint density at radius 1 is 1.29 bits per heavy atom. The first-order chi connectivity index (χ1) is 10.2. The molecule has 114 valence electrons. The van der Waals surface area contributed by atoms with Crippen LogP contribution in [-0.4, -0.2) is 19.2 Å². The van der Waals surface area contributed by atoms with Crippen LogP contribution in [0.4, 0.5) is 0 Å². The third-order valence-electron chi connectivity index (χ3n) is 4.55. The van der Waals surface area contributed by atoms with Gasteiger partial charge in [-0.2, -0.15) is 0 Å². The lowest BCUT2D eigenvalue weighted by atomic mass is 9.87. The van der Waals surface area contributed by atoms with E-state index in [9.17, 15) is 0 Å². The molecular weight excluding hydrogens is 262 g/mol. The fraction of sp³-hybridized carbons (Fsp3) is 0.556. The molecule has 1 saturated heterocycles. The second-order valence-corrected chi connectivity index (χ2v) is 6.09. The summed E-state index contributed by atoms with van der Waals surface area (Å²) in [6.07, 6.45) is 3.01. The van der Waals surface area contributed by atoms with E-state index in [4.69, 9.17) is 9.15 Å². The molecule has 1 aromatic carbocycles. The van der Waals surface area contributed by atoms with Gasteiger partial charge in [0.1, 0.15) is 16.9 Å². The standard InChI is InChI=1S/C18H25NO2/c1-4-14-15-8-6-7-9-16(15)21-17(14)18(3)12-13(19-5-2)10-11-20-18/h6-9,13,19H,4-5,10-12H2,1-3H3. The van der Waals surface area contributed by atoms with E-state index in [2.05, 4.69) is 38.2 Å². The summed E-state index contributed by atoms with van der Waals surface area (Å²) in [5, 5.41) is 4.79. The number of aryl methyl sites for hydroxylation is 1. The fourth-order valence-corrected chi connectivity index (χ4v) is 3.56. The number of nitrogens with one attached hydrogen (secondary N) is 1. The number of furan rings is 1. The number of benzene rings is 1. The first-order valence-electron chi connectivity index (χ1n) is 8.06. The van der Waals surface area contributed by atoms with E-state index in [1.165, 1.54) is 10.9 Å². The Morgan fingerprint density at radius 2 is 2.10 bits per heavy atom. The molecule has 21 heavy (non-hydrogen) atoms. The van der Waals surface area contributed by atoms with Gasteiger partial charge in [0.05, 0.1) is 0 Å². The highest BCUT2D eigenvalue weighted by Crippen LogP contribution is 2.41. The molecule has 1 fully saturated rings. The molecule has 0 aliphatic carbocycles. The molecule has 0 amide bonds. The van der Waals surface area contributed by atoms with Crippen LogP contribution in [0.2, 0.25) is 0 Å². The molecule has 0 spiro atoms. The van der Waals surface area contributed by atoms with Crippen molar-refractivity contribution in [1.82, 2.24) is 5.32 Å². The maximum Gasteiger partial charge on any atom is 0.140 e. The van der Waals surface area contributed by atoms with Gasteiger partial charge in [-0.1, -0.05) is 32.0 Å². The third-order valence-corrected chi connectivity index (χ3v) is 4.55. The Balaban J connectivity index is 2.01. The van der Waals surface area contributed by atoms with Crippen LogP contribution in [0.1, 0.15) is 44.9 Å². The normalized spacial score (nSPS) is 26.3. The molecule has 1 N–H and O–H groups in total. The molecule has 1 aliphatic rings. The van der Waals surface area contributed by atoms with E-state index in [0.717, 1.165) is 43.8 Å². The molecule has 3 nitrogen and oxygen atoms in total. The van der Waals surface area contributed by atoms with Gasteiger partial charge < -0.3 is 14.5 Å². The lowest BCUT2D eigenvalue weighted by Crippen LogP contribution is -2.43. The van der Waals surface area contributed by atoms with Gasteiger partial charge in [0.25, 0.3) is 0 Å². The van der Waals surface area contributed by atoms with Crippen LogP contribution in [0.15, 0.2) is 28.7 Å². The molecule has 2 unspecified atom stereocenters.